The number of hydrogen-bond donors (Lipinski definition) is 3. The molecule has 4 rings (SSSR count). The lowest BCUT2D eigenvalue weighted by Crippen LogP contribution is -2.32. The van der Waals surface area contributed by atoms with Crippen LogP contribution in [0.5, 0.6) is 11.5 Å². The molecular weight excluding hydrogens is 422 g/mol. The molecule has 9 heteroatoms. The standard InChI is InChI=1S/C24H27N5O4/c1-32-20-6-4-5-17(11-20)13-25-24(31)28-21-8-7-18(19-14-26-27-15-19)12-22(21)33-16-23(30)29-9-2-3-10-29/h4-8,11-12,14-15H,2-3,9-10,13,16H2,1H3,(H,26,27)(H2,25,28,31). The van der Waals surface area contributed by atoms with Crippen LogP contribution in [-0.4, -0.2) is 53.8 Å². The monoisotopic (exact) mass is 449 g/mol. The van der Waals surface area contributed by atoms with Gasteiger partial charge in [-0.3, -0.25) is 9.89 Å². The molecule has 0 unspecified atom stereocenters. The largest absolute Gasteiger partial charge is 0.497 e. The van der Waals surface area contributed by atoms with E-state index >= 15 is 0 Å². The quantitative estimate of drug-likeness (QED) is 0.488. The topological polar surface area (TPSA) is 109 Å². The fourth-order valence-corrected chi connectivity index (χ4v) is 3.66. The van der Waals surface area contributed by atoms with Gasteiger partial charge in [-0.2, -0.15) is 5.10 Å². The van der Waals surface area contributed by atoms with Gasteiger partial charge >= 0.3 is 6.03 Å². The molecule has 3 amide bonds. The maximum atomic E-state index is 12.6. The van der Waals surface area contributed by atoms with E-state index < -0.39 is 0 Å². The molecule has 1 aliphatic rings. The number of H-pyrrole nitrogens is 1. The predicted molar refractivity (Wildman–Crippen MR) is 124 cm³/mol. The Balaban J connectivity index is 1.44. The van der Waals surface area contributed by atoms with Crippen molar-refractivity contribution in [2.45, 2.75) is 19.4 Å². The van der Waals surface area contributed by atoms with Crippen molar-refractivity contribution in [2.24, 2.45) is 0 Å². The number of carbonyl (C=O) groups excluding carboxylic acids is 2. The van der Waals surface area contributed by atoms with Crippen molar-refractivity contribution in [2.75, 3.05) is 32.1 Å². The third-order valence-corrected chi connectivity index (χ3v) is 5.46. The zero-order valence-corrected chi connectivity index (χ0v) is 18.5. The highest BCUT2D eigenvalue weighted by Gasteiger charge is 2.19. The molecule has 1 fully saturated rings. The van der Waals surface area contributed by atoms with Crippen molar-refractivity contribution in [3.63, 3.8) is 0 Å². The summed E-state index contributed by atoms with van der Waals surface area (Å²) >= 11 is 0. The number of ether oxygens (including phenoxy) is 2. The van der Waals surface area contributed by atoms with Gasteiger partial charge in [-0.15, -0.1) is 0 Å². The van der Waals surface area contributed by atoms with Gasteiger partial charge in [0.25, 0.3) is 5.91 Å². The van der Waals surface area contributed by atoms with Gasteiger partial charge in [-0.1, -0.05) is 18.2 Å². The molecule has 172 valence electrons. The molecule has 1 aliphatic heterocycles. The maximum absolute atomic E-state index is 12.6. The van der Waals surface area contributed by atoms with Gasteiger partial charge in [0.2, 0.25) is 0 Å². The van der Waals surface area contributed by atoms with Crippen molar-refractivity contribution < 1.29 is 19.1 Å². The lowest BCUT2D eigenvalue weighted by atomic mass is 10.1. The number of methoxy groups -OCH3 is 1. The fraction of sp³-hybridized carbons (Fsp3) is 0.292. The van der Waals surface area contributed by atoms with Crippen LogP contribution in [-0.2, 0) is 11.3 Å². The van der Waals surface area contributed by atoms with Crippen LogP contribution in [0.1, 0.15) is 18.4 Å². The van der Waals surface area contributed by atoms with E-state index in [1.165, 1.54) is 0 Å². The van der Waals surface area contributed by atoms with Crippen LogP contribution in [0.4, 0.5) is 10.5 Å². The first kappa shape index (κ1) is 22.2. The molecular formula is C24H27N5O4. The van der Waals surface area contributed by atoms with Gasteiger partial charge in [-0.05, 0) is 48.2 Å². The molecule has 2 aromatic carbocycles. The summed E-state index contributed by atoms with van der Waals surface area (Å²) in [7, 11) is 1.60. The van der Waals surface area contributed by atoms with Crippen LogP contribution in [0.3, 0.4) is 0 Å². The second-order valence-corrected chi connectivity index (χ2v) is 7.73. The molecule has 0 bridgehead atoms. The van der Waals surface area contributed by atoms with E-state index in [-0.39, 0.29) is 18.5 Å². The zero-order valence-electron chi connectivity index (χ0n) is 18.5. The Morgan fingerprint density at radius 3 is 2.73 bits per heavy atom. The number of nitrogens with one attached hydrogen (secondary N) is 3. The second-order valence-electron chi connectivity index (χ2n) is 7.73. The molecule has 1 saturated heterocycles. The van der Waals surface area contributed by atoms with E-state index in [1.807, 2.05) is 30.3 Å². The summed E-state index contributed by atoms with van der Waals surface area (Å²) in [6.45, 7) is 1.76. The zero-order chi connectivity index (χ0) is 23.0. The Kier molecular flexibility index (Phi) is 7.09. The molecule has 0 atom stereocenters. The summed E-state index contributed by atoms with van der Waals surface area (Å²) in [4.78, 5) is 26.8. The number of urea groups is 1. The van der Waals surface area contributed by atoms with Crippen molar-refractivity contribution >= 4 is 17.6 Å². The molecule has 2 heterocycles. The first-order valence-corrected chi connectivity index (χ1v) is 10.8. The fourth-order valence-electron chi connectivity index (χ4n) is 3.66. The average molecular weight is 450 g/mol. The summed E-state index contributed by atoms with van der Waals surface area (Å²) in [5, 5.41) is 12.4. The SMILES string of the molecule is COc1cccc(CNC(=O)Nc2ccc(-c3cn[nH]c3)cc2OCC(=O)N2CCCC2)c1. The summed E-state index contributed by atoms with van der Waals surface area (Å²) in [6.07, 6.45) is 5.49. The number of benzene rings is 2. The highest BCUT2D eigenvalue weighted by Crippen LogP contribution is 2.31. The minimum Gasteiger partial charge on any atom is -0.497 e. The van der Waals surface area contributed by atoms with E-state index in [2.05, 4.69) is 20.8 Å². The summed E-state index contributed by atoms with van der Waals surface area (Å²) < 4.78 is 11.1. The van der Waals surface area contributed by atoms with Crippen LogP contribution in [0.2, 0.25) is 0 Å². The minimum atomic E-state index is -0.385. The molecule has 33 heavy (non-hydrogen) atoms. The van der Waals surface area contributed by atoms with E-state index in [0.29, 0.717) is 18.0 Å². The Bertz CT molecular complexity index is 1090. The number of nitrogens with zero attached hydrogens (tertiary/aromatic N) is 2. The first-order chi connectivity index (χ1) is 16.1. The third kappa shape index (κ3) is 5.82. The predicted octanol–water partition coefficient (Wildman–Crippen LogP) is 3.41. The lowest BCUT2D eigenvalue weighted by molar-refractivity contribution is -0.132. The number of likely N-dealkylation sites (tertiary alicyclic amines) is 1. The molecule has 0 spiro atoms. The number of amides is 3. The van der Waals surface area contributed by atoms with E-state index in [9.17, 15) is 9.59 Å². The van der Waals surface area contributed by atoms with Gasteiger partial charge in [0.1, 0.15) is 11.5 Å². The lowest BCUT2D eigenvalue weighted by Gasteiger charge is -2.18. The Labute approximate surface area is 192 Å². The van der Waals surface area contributed by atoms with Crippen molar-refractivity contribution in [1.29, 1.82) is 0 Å². The van der Waals surface area contributed by atoms with Crippen molar-refractivity contribution in [3.05, 3.63) is 60.4 Å². The summed E-state index contributed by atoms with van der Waals surface area (Å²) in [6, 6.07) is 12.5. The van der Waals surface area contributed by atoms with Gasteiger partial charge in [0.05, 0.1) is 19.0 Å². The molecule has 0 aliphatic carbocycles. The van der Waals surface area contributed by atoms with E-state index in [0.717, 1.165) is 48.4 Å². The molecule has 1 aromatic heterocycles. The smallest absolute Gasteiger partial charge is 0.319 e. The summed E-state index contributed by atoms with van der Waals surface area (Å²) in [5.41, 5.74) is 3.11. The Hall–Kier alpha value is -4.01. The second kappa shape index (κ2) is 10.5. The van der Waals surface area contributed by atoms with E-state index in [4.69, 9.17) is 9.47 Å². The van der Waals surface area contributed by atoms with Crippen molar-refractivity contribution in [3.8, 4) is 22.6 Å². The number of hydrogen-bond acceptors (Lipinski definition) is 5. The molecule has 9 nitrogen and oxygen atoms in total. The number of carbonyl (C=O) groups is 2. The van der Waals surface area contributed by atoms with Crippen molar-refractivity contribution in [1.82, 2.24) is 20.4 Å². The third-order valence-electron chi connectivity index (χ3n) is 5.46. The van der Waals surface area contributed by atoms with Gasteiger partial charge in [0.15, 0.2) is 6.61 Å². The van der Waals surface area contributed by atoms with E-state index in [1.54, 1.807) is 36.5 Å². The first-order valence-electron chi connectivity index (χ1n) is 10.8. The van der Waals surface area contributed by atoms with Crippen LogP contribution in [0.15, 0.2) is 54.9 Å². The van der Waals surface area contributed by atoms with Crippen LogP contribution in [0.25, 0.3) is 11.1 Å². The normalized spacial score (nSPS) is 12.9. The van der Waals surface area contributed by atoms with Crippen LogP contribution in [0, 0.1) is 0 Å². The molecule has 3 aromatic rings. The Morgan fingerprint density at radius 1 is 1.12 bits per heavy atom. The highest BCUT2D eigenvalue weighted by molar-refractivity contribution is 5.91. The summed E-state index contributed by atoms with van der Waals surface area (Å²) in [5.74, 6) is 1.08. The van der Waals surface area contributed by atoms with Gasteiger partial charge in [-0.25, -0.2) is 4.79 Å². The number of rotatable bonds is 8. The number of aromatic amines is 1. The molecule has 3 N–H and O–H groups in total. The number of aromatic nitrogens is 2. The average Bonchev–Trinajstić information content (AvgIpc) is 3.57. The van der Waals surface area contributed by atoms with Gasteiger partial charge in [0, 0.05) is 31.4 Å². The number of anilines is 1. The minimum absolute atomic E-state index is 0.0605. The molecule has 0 saturated carbocycles. The van der Waals surface area contributed by atoms with Crippen LogP contribution >= 0.6 is 0 Å². The van der Waals surface area contributed by atoms with Gasteiger partial charge < -0.3 is 25.0 Å². The molecule has 0 radical (unpaired) electrons. The Morgan fingerprint density at radius 2 is 1.97 bits per heavy atom. The maximum Gasteiger partial charge on any atom is 0.319 e. The van der Waals surface area contributed by atoms with Crippen LogP contribution < -0.4 is 20.1 Å². The highest BCUT2D eigenvalue weighted by atomic mass is 16.5.